The standard InChI is InChI=1S/C12H25B2O7P/c1-16-5-9-8(4-12(14)19-9)21-22(15)18-6-10-7(17-2)3-11(13)20-10/h7-12,15H,3-6,13-14H2,1-2H3. The molecule has 2 rings (SSSR count). The molecule has 0 saturated carbocycles. The molecule has 7 unspecified atom stereocenters. The molecular formula is C12H25B2O7P. The summed E-state index contributed by atoms with van der Waals surface area (Å²) in [7, 11) is 5.27. The highest BCUT2D eigenvalue weighted by molar-refractivity contribution is 7.40. The fourth-order valence-electron chi connectivity index (χ4n) is 2.94. The molecule has 2 fully saturated rings. The van der Waals surface area contributed by atoms with Crippen molar-refractivity contribution in [1.29, 1.82) is 0 Å². The lowest BCUT2D eigenvalue weighted by atomic mass is 9.96. The highest BCUT2D eigenvalue weighted by atomic mass is 31.2. The summed E-state index contributed by atoms with van der Waals surface area (Å²) < 4.78 is 32.9. The van der Waals surface area contributed by atoms with Crippen LogP contribution in [0.5, 0.6) is 0 Å². The predicted molar refractivity (Wildman–Crippen MR) is 86.3 cm³/mol. The Balaban J connectivity index is 1.74. The summed E-state index contributed by atoms with van der Waals surface area (Å²) in [6, 6.07) is 0.227. The van der Waals surface area contributed by atoms with Crippen molar-refractivity contribution in [2.75, 3.05) is 27.4 Å². The summed E-state index contributed by atoms with van der Waals surface area (Å²) in [6.45, 7) is 0.691. The molecule has 0 radical (unpaired) electrons. The van der Waals surface area contributed by atoms with Gasteiger partial charge in [-0.15, -0.1) is 0 Å². The molecule has 10 heteroatoms. The Morgan fingerprint density at radius 1 is 1.05 bits per heavy atom. The molecule has 22 heavy (non-hydrogen) atoms. The maximum absolute atomic E-state index is 9.99. The first-order valence-corrected chi connectivity index (χ1v) is 8.77. The third-order valence-corrected chi connectivity index (χ3v) is 4.80. The Hall–Kier alpha value is 0.280. The van der Waals surface area contributed by atoms with Crippen LogP contribution in [0.4, 0.5) is 0 Å². The summed E-state index contributed by atoms with van der Waals surface area (Å²) in [6.07, 6.45) is 0.985. The van der Waals surface area contributed by atoms with Crippen LogP contribution in [0.2, 0.25) is 0 Å². The van der Waals surface area contributed by atoms with E-state index in [2.05, 4.69) is 0 Å². The van der Waals surface area contributed by atoms with Crippen molar-refractivity contribution in [3.8, 4) is 0 Å². The van der Waals surface area contributed by atoms with Crippen molar-refractivity contribution in [1.82, 2.24) is 0 Å². The van der Waals surface area contributed by atoms with Crippen LogP contribution in [0, 0.1) is 0 Å². The fourth-order valence-corrected chi connectivity index (χ4v) is 3.73. The summed E-state index contributed by atoms with van der Waals surface area (Å²) in [4.78, 5) is 9.99. The molecule has 0 aromatic rings. The van der Waals surface area contributed by atoms with Gasteiger partial charge in [0.05, 0.1) is 25.4 Å². The molecule has 0 bridgehead atoms. The van der Waals surface area contributed by atoms with Gasteiger partial charge in [0.25, 0.3) is 0 Å². The van der Waals surface area contributed by atoms with E-state index in [1.807, 2.05) is 15.7 Å². The molecule has 0 amide bonds. The molecule has 7 atom stereocenters. The third kappa shape index (κ3) is 5.14. The van der Waals surface area contributed by atoms with Crippen LogP contribution in [0.25, 0.3) is 0 Å². The lowest BCUT2D eigenvalue weighted by Crippen LogP contribution is -2.29. The average Bonchev–Trinajstić information content (AvgIpc) is 3.00. The zero-order valence-electron chi connectivity index (χ0n) is 13.6. The molecule has 0 spiro atoms. The summed E-state index contributed by atoms with van der Waals surface area (Å²) >= 11 is 0. The lowest BCUT2D eigenvalue weighted by Gasteiger charge is -2.22. The van der Waals surface area contributed by atoms with Gasteiger partial charge >= 0.3 is 8.60 Å². The Morgan fingerprint density at radius 2 is 1.64 bits per heavy atom. The van der Waals surface area contributed by atoms with E-state index in [-0.39, 0.29) is 43.0 Å². The van der Waals surface area contributed by atoms with Gasteiger partial charge in [0.2, 0.25) is 0 Å². The summed E-state index contributed by atoms with van der Waals surface area (Å²) in [5, 5.41) is 0. The van der Waals surface area contributed by atoms with Crippen molar-refractivity contribution in [2.45, 2.75) is 49.3 Å². The Bertz CT molecular complexity index is 341. The highest BCUT2D eigenvalue weighted by Gasteiger charge is 2.37. The first kappa shape index (κ1) is 18.6. The molecular weight excluding hydrogens is 309 g/mol. The molecule has 126 valence electrons. The minimum atomic E-state index is -1.97. The van der Waals surface area contributed by atoms with Crippen LogP contribution in [-0.2, 0) is 28.0 Å². The van der Waals surface area contributed by atoms with Crippen molar-refractivity contribution >= 4 is 24.3 Å². The Kier molecular flexibility index (Phi) is 7.57. The molecule has 2 aliphatic rings. The van der Waals surface area contributed by atoms with Crippen molar-refractivity contribution in [3.05, 3.63) is 0 Å². The molecule has 0 aromatic carbocycles. The van der Waals surface area contributed by atoms with Crippen LogP contribution in [-0.4, -0.2) is 84.4 Å². The number of methoxy groups -OCH3 is 2. The number of ether oxygens (including phenoxy) is 4. The monoisotopic (exact) mass is 334 g/mol. The predicted octanol–water partition coefficient (Wildman–Crippen LogP) is -1.23. The second-order valence-corrected chi connectivity index (χ2v) is 6.79. The molecule has 0 aromatic heterocycles. The van der Waals surface area contributed by atoms with E-state index in [1.165, 1.54) is 0 Å². The van der Waals surface area contributed by atoms with Crippen LogP contribution >= 0.6 is 8.60 Å². The minimum absolute atomic E-state index is 0.00511. The molecule has 2 saturated heterocycles. The lowest BCUT2D eigenvalue weighted by molar-refractivity contribution is -0.0295. The van der Waals surface area contributed by atoms with Crippen LogP contribution in [0.15, 0.2) is 0 Å². The minimum Gasteiger partial charge on any atom is -0.382 e. The third-order valence-electron chi connectivity index (χ3n) is 3.98. The topological polar surface area (TPSA) is 75.6 Å². The van der Waals surface area contributed by atoms with E-state index >= 15 is 0 Å². The zero-order chi connectivity index (χ0) is 16.1. The van der Waals surface area contributed by atoms with Gasteiger partial charge in [0.15, 0.2) is 0 Å². The van der Waals surface area contributed by atoms with Crippen LogP contribution < -0.4 is 0 Å². The largest absolute Gasteiger partial charge is 0.382 e. The van der Waals surface area contributed by atoms with E-state index in [0.29, 0.717) is 13.0 Å². The van der Waals surface area contributed by atoms with Crippen LogP contribution in [0.1, 0.15) is 12.8 Å². The van der Waals surface area contributed by atoms with E-state index < -0.39 is 8.60 Å². The Morgan fingerprint density at radius 3 is 2.23 bits per heavy atom. The Labute approximate surface area is 134 Å². The van der Waals surface area contributed by atoms with Crippen molar-refractivity contribution in [2.24, 2.45) is 0 Å². The number of hydrogen-bond donors (Lipinski definition) is 1. The van der Waals surface area contributed by atoms with Gasteiger partial charge in [-0.2, -0.15) is 0 Å². The van der Waals surface area contributed by atoms with E-state index in [1.54, 1.807) is 14.2 Å². The first-order valence-electron chi connectivity index (χ1n) is 7.64. The molecule has 1 N–H and O–H groups in total. The first-order chi connectivity index (χ1) is 10.5. The van der Waals surface area contributed by atoms with Gasteiger partial charge in [0, 0.05) is 26.2 Å². The number of rotatable bonds is 8. The van der Waals surface area contributed by atoms with Gasteiger partial charge < -0.3 is 32.9 Å². The van der Waals surface area contributed by atoms with E-state index in [4.69, 9.17) is 28.0 Å². The van der Waals surface area contributed by atoms with Gasteiger partial charge in [-0.25, -0.2) is 0 Å². The second-order valence-electron chi connectivity index (χ2n) is 5.85. The second kappa shape index (κ2) is 8.94. The molecule has 7 nitrogen and oxygen atoms in total. The van der Waals surface area contributed by atoms with E-state index in [9.17, 15) is 4.89 Å². The highest BCUT2D eigenvalue weighted by Crippen LogP contribution is 2.40. The van der Waals surface area contributed by atoms with Gasteiger partial charge in [-0.3, -0.25) is 0 Å². The van der Waals surface area contributed by atoms with Crippen molar-refractivity contribution < 1.29 is 32.9 Å². The van der Waals surface area contributed by atoms with Gasteiger partial charge in [-0.1, -0.05) is 0 Å². The maximum atomic E-state index is 9.99. The molecule has 2 heterocycles. The summed E-state index contributed by atoms with van der Waals surface area (Å²) in [5.41, 5.74) is 0. The number of hydrogen-bond acceptors (Lipinski definition) is 7. The van der Waals surface area contributed by atoms with Gasteiger partial charge in [0.1, 0.15) is 27.9 Å². The molecule has 0 aliphatic carbocycles. The van der Waals surface area contributed by atoms with Gasteiger partial charge in [-0.05, 0) is 12.8 Å². The zero-order valence-corrected chi connectivity index (χ0v) is 14.5. The smallest absolute Gasteiger partial charge is 0.330 e. The molecule has 2 aliphatic heterocycles. The summed E-state index contributed by atoms with van der Waals surface area (Å²) in [5.74, 6) is 0. The maximum Gasteiger partial charge on any atom is 0.330 e. The van der Waals surface area contributed by atoms with Crippen LogP contribution in [0.3, 0.4) is 0 Å². The SMILES string of the molecule is BC1CC(OC)C(COP(O)OC2CC(B)OC2COC)O1. The average molecular weight is 334 g/mol. The quantitative estimate of drug-likeness (QED) is 0.440. The van der Waals surface area contributed by atoms with E-state index in [0.717, 1.165) is 6.42 Å². The fraction of sp³-hybridized carbons (Fsp3) is 1.00. The van der Waals surface area contributed by atoms with Crippen molar-refractivity contribution in [3.63, 3.8) is 0 Å². The normalized spacial score (nSPS) is 40.1.